The van der Waals surface area contributed by atoms with Crippen molar-refractivity contribution in [1.29, 1.82) is 0 Å². The molecule has 4 nitrogen and oxygen atoms in total. The molecule has 0 radical (unpaired) electrons. The van der Waals surface area contributed by atoms with Crippen LogP contribution in [-0.2, 0) is 6.42 Å². The van der Waals surface area contributed by atoms with E-state index >= 15 is 0 Å². The van der Waals surface area contributed by atoms with Gasteiger partial charge in [-0.1, -0.05) is 54.1 Å². The third-order valence-corrected chi connectivity index (χ3v) is 4.49. The van der Waals surface area contributed by atoms with Crippen LogP contribution in [-0.4, -0.2) is 12.2 Å². The lowest BCUT2D eigenvalue weighted by Gasteiger charge is -2.02. The van der Waals surface area contributed by atoms with Gasteiger partial charge in [0.2, 0.25) is 5.96 Å². The molecular weight excluding hydrogens is 320 g/mol. The third-order valence-electron chi connectivity index (χ3n) is 4.49. The molecule has 4 rings (SSSR count). The minimum atomic E-state index is 0.263. The maximum atomic E-state index is 5.88. The van der Waals surface area contributed by atoms with E-state index in [1.165, 1.54) is 27.8 Å². The van der Waals surface area contributed by atoms with Crippen molar-refractivity contribution in [2.24, 2.45) is 15.8 Å². The Labute approximate surface area is 153 Å². The van der Waals surface area contributed by atoms with Gasteiger partial charge in [0.1, 0.15) is 0 Å². The van der Waals surface area contributed by atoms with E-state index in [2.05, 4.69) is 58.0 Å². The van der Waals surface area contributed by atoms with Gasteiger partial charge in [-0.15, -0.1) is 0 Å². The fourth-order valence-corrected chi connectivity index (χ4v) is 3.20. The molecule has 128 valence electrons. The molecule has 0 fully saturated rings. The molecule has 0 atom stereocenters. The largest absolute Gasteiger partial charge is 0.368 e. The predicted octanol–water partition coefficient (Wildman–Crippen LogP) is 4.14. The Balaban J connectivity index is 1.45. The van der Waals surface area contributed by atoms with Crippen LogP contribution < -0.4 is 11.2 Å². The summed E-state index contributed by atoms with van der Waals surface area (Å²) in [6.45, 7) is 2.04. The van der Waals surface area contributed by atoms with E-state index in [4.69, 9.17) is 5.73 Å². The summed E-state index contributed by atoms with van der Waals surface area (Å²) in [6, 6.07) is 22.8. The molecule has 0 spiro atoms. The van der Waals surface area contributed by atoms with Crippen LogP contribution >= 0.6 is 0 Å². The van der Waals surface area contributed by atoms with Gasteiger partial charge in [0.05, 0.1) is 11.9 Å². The van der Waals surface area contributed by atoms with E-state index in [1.807, 2.05) is 31.2 Å². The van der Waals surface area contributed by atoms with Crippen LogP contribution in [0.4, 0.5) is 5.69 Å². The van der Waals surface area contributed by atoms with Gasteiger partial charge < -0.3 is 5.73 Å². The predicted molar refractivity (Wildman–Crippen MR) is 108 cm³/mol. The van der Waals surface area contributed by atoms with Crippen molar-refractivity contribution < 1.29 is 0 Å². The Kier molecular flexibility index (Phi) is 4.23. The monoisotopic (exact) mass is 340 g/mol. The number of rotatable bonds is 3. The number of fused-ring (bicyclic) bond motifs is 3. The zero-order chi connectivity index (χ0) is 17.9. The average molecular weight is 340 g/mol. The Bertz CT molecular complexity index is 1000. The number of benzene rings is 3. The lowest BCUT2D eigenvalue weighted by atomic mass is 10.0. The van der Waals surface area contributed by atoms with E-state index in [0.29, 0.717) is 0 Å². The number of guanidine groups is 1. The summed E-state index contributed by atoms with van der Waals surface area (Å²) < 4.78 is 0. The molecule has 1 aliphatic rings. The molecule has 3 N–H and O–H groups in total. The zero-order valence-electron chi connectivity index (χ0n) is 14.6. The molecule has 0 saturated heterocycles. The lowest BCUT2D eigenvalue weighted by Crippen LogP contribution is -2.26. The quantitative estimate of drug-likeness (QED) is 0.334. The lowest BCUT2D eigenvalue weighted by molar-refractivity contribution is 1.01. The summed E-state index contributed by atoms with van der Waals surface area (Å²) in [4.78, 5) is 4.29. The van der Waals surface area contributed by atoms with Gasteiger partial charge in [0.25, 0.3) is 0 Å². The molecule has 3 aromatic rings. The van der Waals surface area contributed by atoms with Crippen LogP contribution in [0, 0.1) is 6.92 Å². The molecule has 0 heterocycles. The molecule has 0 unspecified atom stereocenters. The number of aliphatic imine (C=N–C) groups is 1. The second-order valence-corrected chi connectivity index (χ2v) is 6.45. The van der Waals surface area contributed by atoms with Gasteiger partial charge in [-0.05, 0) is 59.4 Å². The number of aryl methyl sites for hydroxylation is 1. The SMILES string of the molecule is Cc1ccc(N=C(N)N/N=C/c2ccc3c(c2)Cc2ccccc2-3)cc1. The summed E-state index contributed by atoms with van der Waals surface area (Å²) in [5, 5.41) is 4.20. The van der Waals surface area contributed by atoms with E-state index in [0.717, 1.165) is 17.7 Å². The highest BCUT2D eigenvalue weighted by Gasteiger charge is 2.17. The molecule has 0 bridgehead atoms. The smallest absolute Gasteiger partial charge is 0.214 e. The van der Waals surface area contributed by atoms with Crippen LogP contribution in [0.25, 0.3) is 11.1 Å². The summed E-state index contributed by atoms with van der Waals surface area (Å²) >= 11 is 0. The number of hydrazone groups is 1. The molecule has 26 heavy (non-hydrogen) atoms. The second-order valence-electron chi connectivity index (χ2n) is 6.45. The summed E-state index contributed by atoms with van der Waals surface area (Å²) in [6.07, 6.45) is 2.73. The van der Waals surface area contributed by atoms with Gasteiger partial charge in [-0.25, -0.2) is 10.4 Å². The Morgan fingerprint density at radius 1 is 0.962 bits per heavy atom. The van der Waals surface area contributed by atoms with Crippen molar-refractivity contribution in [2.75, 3.05) is 0 Å². The van der Waals surface area contributed by atoms with Crippen molar-refractivity contribution in [2.45, 2.75) is 13.3 Å². The maximum Gasteiger partial charge on any atom is 0.214 e. The number of nitrogens with two attached hydrogens (primary N) is 1. The van der Waals surface area contributed by atoms with Gasteiger partial charge >= 0.3 is 0 Å². The number of nitrogens with one attached hydrogen (secondary N) is 1. The highest BCUT2D eigenvalue weighted by molar-refractivity contribution is 5.86. The first-order chi connectivity index (χ1) is 12.7. The summed E-state index contributed by atoms with van der Waals surface area (Å²) in [5.74, 6) is 0.263. The van der Waals surface area contributed by atoms with Crippen molar-refractivity contribution in [3.8, 4) is 11.1 Å². The number of nitrogens with zero attached hydrogens (tertiary/aromatic N) is 2. The third kappa shape index (κ3) is 3.35. The Morgan fingerprint density at radius 3 is 2.58 bits per heavy atom. The molecule has 0 amide bonds. The number of hydrogen-bond acceptors (Lipinski definition) is 2. The van der Waals surface area contributed by atoms with Crippen molar-refractivity contribution in [3.63, 3.8) is 0 Å². The van der Waals surface area contributed by atoms with E-state index < -0.39 is 0 Å². The van der Waals surface area contributed by atoms with Crippen molar-refractivity contribution in [1.82, 2.24) is 5.43 Å². The van der Waals surface area contributed by atoms with Crippen LogP contribution in [0.1, 0.15) is 22.3 Å². The molecule has 0 saturated carbocycles. The van der Waals surface area contributed by atoms with Crippen molar-refractivity contribution in [3.05, 3.63) is 89.0 Å². The first-order valence-electron chi connectivity index (χ1n) is 8.60. The molecule has 3 aromatic carbocycles. The minimum absolute atomic E-state index is 0.263. The highest BCUT2D eigenvalue weighted by Crippen LogP contribution is 2.36. The van der Waals surface area contributed by atoms with Crippen LogP contribution in [0.3, 0.4) is 0 Å². The zero-order valence-corrected chi connectivity index (χ0v) is 14.6. The van der Waals surface area contributed by atoms with E-state index in [-0.39, 0.29) is 5.96 Å². The van der Waals surface area contributed by atoms with Crippen molar-refractivity contribution >= 4 is 17.9 Å². The van der Waals surface area contributed by atoms with Crippen LogP contribution in [0.5, 0.6) is 0 Å². The fraction of sp³-hybridized carbons (Fsp3) is 0.0909. The average Bonchev–Trinajstić information content (AvgIpc) is 3.01. The minimum Gasteiger partial charge on any atom is -0.368 e. The first-order valence-corrected chi connectivity index (χ1v) is 8.60. The van der Waals surface area contributed by atoms with Gasteiger partial charge in [0, 0.05) is 0 Å². The number of hydrogen-bond donors (Lipinski definition) is 2. The molecule has 4 heteroatoms. The highest BCUT2D eigenvalue weighted by atomic mass is 15.3. The first kappa shape index (κ1) is 16.1. The van der Waals surface area contributed by atoms with E-state index in [9.17, 15) is 0 Å². The Hall–Kier alpha value is -3.40. The Morgan fingerprint density at radius 2 is 1.73 bits per heavy atom. The van der Waals surface area contributed by atoms with Gasteiger partial charge in [-0.3, -0.25) is 0 Å². The summed E-state index contributed by atoms with van der Waals surface area (Å²) in [7, 11) is 0. The fourth-order valence-electron chi connectivity index (χ4n) is 3.20. The maximum absolute atomic E-state index is 5.88. The normalized spacial score (nSPS) is 12.9. The van der Waals surface area contributed by atoms with Gasteiger partial charge in [-0.2, -0.15) is 5.10 Å². The standard InChI is InChI=1S/C22H20N4/c1-15-6-9-19(10-7-15)25-22(23)26-24-14-16-8-11-21-18(12-16)13-17-4-2-3-5-20(17)21/h2-12,14H,13H2,1H3,(H3,23,25,26)/b24-14+. The van der Waals surface area contributed by atoms with Crippen LogP contribution in [0.15, 0.2) is 76.8 Å². The topological polar surface area (TPSA) is 62.8 Å². The second kappa shape index (κ2) is 6.84. The molecule has 1 aliphatic carbocycles. The molecule has 0 aromatic heterocycles. The molecule has 0 aliphatic heterocycles. The van der Waals surface area contributed by atoms with Crippen LogP contribution in [0.2, 0.25) is 0 Å². The van der Waals surface area contributed by atoms with E-state index in [1.54, 1.807) is 6.21 Å². The van der Waals surface area contributed by atoms with Gasteiger partial charge in [0.15, 0.2) is 0 Å². The molecular formula is C22H20N4. The summed E-state index contributed by atoms with van der Waals surface area (Å²) in [5.41, 5.74) is 17.0.